The molecule has 30 heavy (non-hydrogen) atoms. The largest absolute Gasteiger partial charge is 0.490 e. The maximum Gasteiger partial charge on any atom is 0.254 e. The fourth-order valence-electron chi connectivity index (χ4n) is 2.96. The quantitative estimate of drug-likeness (QED) is 0.488. The Kier molecular flexibility index (Phi) is 8.50. The van der Waals surface area contributed by atoms with E-state index in [-0.39, 0.29) is 5.91 Å². The van der Waals surface area contributed by atoms with Crippen molar-refractivity contribution in [3.8, 4) is 11.5 Å². The second-order valence-electron chi connectivity index (χ2n) is 6.74. The van der Waals surface area contributed by atoms with Crippen LogP contribution in [0.2, 0.25) is 5.02 Å². The van der Waals surface area contributed by atoms with E-state index >= 15 is 0 Å². The Balaban J connectivity index is 1.56. The number of halogens is 1. The minimum absolute atomic E-state index is 0.153. The molecule has 8 heteroatoms. The number of rotatable bonds is 9. The molecule has 0 bridgehead atoms. The first-order valence-corrected chi connectivity index (χ1v) is 10.3. The summed E-state index contributed by atoms with van der Waals surface area (Å²) in [5.74, 6) is 1.09. The van der Waals surface area contributed by atoms with Gasteiger partial charge in [-0.1, -0.05) is 23.7 Å². The van der Waals surface area contributed by atoms with Gasteiger partial charge in [-0.05, 0) is 48.4 Å². The Hall–Kier alpha value is -2.61. The summed E-state index contributed by atoms with van der Waals surface area (Å²) in [5.41, 5.74) is 4.32. The topological polar surface area (TPSA) is 72.4 Å². The van der Waals surface area contributed by atoms with E-state index in [4.69, 9.17) is 25.8 Å². The second kappa shape index (κ2) is 11.5. The molecule has 0 unspecified atom stereocenters. The molecule has 7 nitrogen and oxygen atoms in total. The average molecular weight is 432 g/mol. The van der Waals surface area contributed by atoms with Crippen LogP contribution in [0.15, 0.2) is 47.6 Å². The number of hydrazone groups is 1. The van der Waals surface area contributed by atoms with Crippen molar-refractivity contribution < 1.29 is 19.0 Å². The highest BCUT2D eigenvalue weighted by atomic mass is 35.5. The SMILES string of the molecule is CCOc1cc(/C=N/NC(=O)CN2CCOCC2)ccc1OCc1cccc(Cl)c1. The predicted molar refractivity (Wildman–Crippen MR) is 116 cm³/mol. The van der Waals surface area contributed by atoms with Crippen LogP contribution in [0.3, 0.4) is 0 Å². The summed E-state index contributed by atoms with van der Waals surface area (Å²) in [7, 11) is 0. The highest BCUT2D eigenvalue weighted by molar-refractivity contribution is 6.30. The number of ether oxygens (including phenoxy) is 3. The first-order valence-electron chi connectivity index (χ1n) is 9.90. The molecule has 3 rings (SSSR count). The second-order valence-corrected chi connectivity index (χ2v) is 7.18. The summed E-state index contributed by atoms with van der Waals surface area (Å²) in [6, 6.07) is 13.0. The number of hydrogen-bond acceptors (Lipinski definition) is 6. The van der Waals surface area contributed by atoms with Crippen LogP contribution in [-0.2, 0) is 16.1 Å². The van der Waals surface area contributed by atoms with Crippen LogP contribution in [0.4, 0.5) is 0 Å². The predicted octanol–water partition coefficient (Wildman–Crippen LogP) is 3.10. The molecular formula is C22H26ClN3O4. The van der Waals surface area contributed by atoms with Gasteiger partial charge in [0.15, 0.2) is 11.5 Å². The lowest BCUT2D eigenvalue weighted by molar-refractivity contribution is -0.123. The van der Waals surface area contributed by atoms with Gasteiger partial charge in [0.05, 0.1) is 32.6 Å². The Morgan fingerprint density at radius 3 is 2.80 bits per heavy atom. The van der Waals surface area contributed by atoms with Crippen molar-refractivity contribution in [2.45, 2.75) is 13.5 Å². The summed E-state index contributed by atoms with van der Waals surface area (Å²) in [6.07, 6.45) is 1.58. The van der Waals surface area contributed by atoms with Gasteiger partial charge in [0, 0.05) is 18.1 Å². The molecule has 0 spiro atoms. The van der Waals surface area contributed by atoms with E-state index in [1.165, 1.54) is 0 Å². The van der Waals surface area contributed by atoms with E-state index in [9.17, 15) is 4.79 Å². The fraction of sp³-hybridized carbons (Fsp3) is 0.364. The van der Waals surface area contributed by atoms with Gasteiger partial charge in [-0.25, -0.2) is 5.43 Å². The van der Waals surface area contributed by atoms with Crippen LogP contribution < -0.4 is 14.9 Å². The zero-order valence-corrected chi connectivity index (χ0v) is 17.7. The lowest BCUT2D eigenvalue weighted by atomic mass is 10.2. The lowest BCUT2D eigenvalue weighted by Gasteiger charge is -2.25. The number of amides is 1. The summed E-state index contributed by atoms with van der Waals surface area (Å²) in [4.78, 5) is 14.0. The highest BCUT2D eigenvalue weighted by Gasteiger charge is 2.13. The highest BCUT2D eigenvalue weighted by Crippen LogP contribution is 2.29. The molecule has 0 radical (unpaired) electrons. The summed E-state index contributed by atoms with van der Waals surface area (Å²) in [6.45, 7) is 5.92. The fourth-order valence-corrected chi connectivity index (χ4v) is 3.17. The van der Waals surface area contributed by atoms with E-state index in [1.54, 1.807) is 6.21 Å². The maximum atomic E-state index is 12.0. The van der Waals surface area contributed by atoms with Crippen molar-refractivity contribution in [2.24, 2.45) is 5.10 Å². The van der Waals surface area contributed by atoms with Crippen LogP contribution in [0.1, 0.15) is 18.1 Å². The number of nitrogens with zero attached hydrogens (tertiary/aromatic N) is 2. The van der Waals surface area contributed by atoms with Crippen LogP contribution in [-0.4, -0.2) is 56.5 Å². The molecule has 2 aromatic carbocycles. The number of nitrogens with one attached hydrogen (secondary N) is 1. The van der Waals surface area contributed by atoms with Crippen molar-refractivity contribution in [3.63, 3.8) is 0 Å². The lowest BCUT2D eigenvalue weighted by Crippen LogP contribution is -2.42. The van der Waals surface area contributed by atoms with Crippen molar-refractivity contribution >= 4 is 23.7 Å². The van der Waals surface area contributed by atoms with Gasteiger partial charge in [-0.2, -0.15) is 5.10 Å². The third-order valence-corrected chi connectivity index (χ3v) is 4.66. The Morgan fingerprint density at radius 1 is 1.20 bits per heavy atom. The van der Waals surface area contributed by atoms with Crippen LogP contribution in [0.25, 0.3) is 0 Å². The van der Waals surface area contributed by atoms with Crippen LogP contribution >= 0.6 is 11.6 Å². The van der Waals surface area contributed by atoms with Crippen molar-refractivity contribution in [1.82, 2.24) is 10.3 Å². The third kappa shape index (κ3) is 7.02. The van der Waals surface area contributed by atoms with E-state index in [2.05, 4.69) is 10.5 Å². The van der Waals surface area contributed by atoms with E-state index in [0.29, 0.717) is 49.5 Å². The maximum absolute atomic E-state index is 12.0. The Bertz CT molecular complexity index is 869. The third-order valence-electron chi connectivity index (χ3n) is 4.42. The standard InChI is InChI=1S/C22H26ClN3O4/c1-2-29-21-13-17(14-24-25-22(27)15-26-8-10-28-11-9-26)6-7-20(21)30-16-18-4-3-5-19(23)12-18/h3-7,12-14H,2,8-11,15-16H2,1H3,(H,25,27)/b24-14+. The van der Waals surface area contributed by atoms with Gasteiger partial charge in [-0.3, -0.25) is 9.69 Å². The molecule has 1 aliphatic rings. The van der Waals surface area contributed by atoms with Gasteiger partial charge in [-0.15, -0.1) is 0 Å². The molecule has 0 atom stereocenters. The summed E-state index contributed by atoms with van der Waals surface area (Å²) >= 11 is 6.02. The molecule has 1 saturated heterocycles. The molecule has 0 saturated carbocycles. The Labute approximate surface area is 181 Å². The van der Waals surface area contributed by atoms with Gasteiger partial charge in [0.25, 0.3) is 5.91 Å². The van der Waals surface area contributed by atoms with E-state index in [1.807, 2.05) is 54.3 Å². The van der Waals surface area contributed by atoms with E-state index in [0.717, 1.165) is 24.2 Å². The summed E-state index contributed by atoms with van der Waals surface area (Å²) < 4.78 is 16.9. The number of carbonyl (C=O) groups excluding carboxylic acids is 1. The first kappa shape index (κ1) is 22.1. The molecule has 2 aromatic rings. The van der Waals surface area contributed by atoms with Gasteiger partial charge < -0.3 is 14.2 Å². The van der Waals surface area contributed by atoms with Crippen molar-refractivity contribution in [2.75, 3.05) is 39.5 Å². The minimum Gasteiger partial charge on any atom is -0.490 e. The monoisotopic (exact) mass is 431 g/mol. The minimum atomic E-state index is -0.153. The summed E-state index contributed by atoms with van der Waals surface area (Å²) in [5, 5.41) is 4.72. The molecular weight excluding hydrogens is 406 g/mol. The molecule has 1 amide bonds. The molecule has 1 N–H and O–H groups in total. The molecule has 0 aliphatic carbocycles. The number of benzene rings is 2. The normalized spacial score (nSPS) is 14.6. The average Bonchev–Trinajstić information content (AvgIpc) is 2.74. The molecule has 160 valence electrons. The van der Waals surface area contributed by atoms with Gasteiger partial charge >= 0.3 is 0 Å². The number of hydrogen-bond donors (Lipinski definition) is 1. The zero-order chi connectivity index (χ0) is 21.2. The van der Waals surface area contributed by atoms with Crippen molar-refractivity contribution in [3.05, 3.63) is 58.6 Å². The smallest absolute Gasteiger partial charge is 0.254 e. The van der Waals surface area contributed by atoms with E-state index < -0.39 is 0 Å². The molecule has 1 fully saturated rings. The molecule has 1 aliphatic heterocycles. The Morgan fingerprint density at radius 2 is 2.03 bits per heavy atom. The molecule has 1 heterocycles. The van der Waals surface area contributed by atoms with Gasteiger partial charge in [0.2, 0.25) is 0 Å². The van der Waals surface area contributed by atoms with Gasteiger partial charge in [0.1, 0.15) is 6.61 Å². The van der Waals surface area contributed by atoms with Crippen molar-refractivity contribution in [1.29, 1.82) is 0 Å². The first-order chi connectivity index (χ1) is 14.6. The number of carbonyl (C=O) groups is 1. The molecule has 0 aromatic heterocycles. The van der Waals surface area contributed by atoms with Crippen LogP contribution in [0, 0.1) is 0 Å². The zero-order valence-electron chi connectivity index (χ0n) is 17.0. The van der Waals surface area contributed by atoms with Crippen LogP contribution in [0.5, 0.6) is 11.5 Å². The number of morpholine rings is 1.